The molecule has 0 aromatic carbocycles. The van der Waals surface area contributed by atoms with E-state index in [1.165, 1.54) is 0 Å². The molecular formula is C9H11F3N2O. The van der Waals surface area contributed by atoms with Crippen molar-refractivity contribution in [3.05, 3.63) is 0 Å². The maximum atomic E-state index is 12.7. The monoisotopic (exact) mass is 220 g/mol. The number of alkyl halides is 3. The zero-order valence-electron chi connectivity index (χ0n) is 7.96. The van der Waals surface area contributed by atoms with Crippen molar-refractivity contribution in [3.8, 4) is 6.07 Å². The van der Waals surface area contributed by atoms with Crippen LogP contribution in [-0.2, 0) is 0 Å². The molecule has 0 amide bonds. The molecular weight excluding hydrogens is 209 g/mol. The Hall–Kier alpha value is -0.800. The molecule has 0 unspecified atom stereocenters. The summed E-state index contributed by atoms with van der Waals surface area (Å²) < 4.78 is 38.1. The highest BCUT2D eigenvalue weighted by molar-refractivity contribution is 5.10. The first-order valence-electron chi connectivity index (χ1n) is 4.85. The first-order valence-corrected chi connectivity index (χ1v) is 4.85. The summed E-state index contributed by atoms with van der Waals surface area (Å²) >= 11 is 0. The second kappa shape index (κ2) is 3.09. The predicted octanol–water partition coefficient (Wildman–Crippen LogP) is 1.25. The largest absolute Gasteiger partial charge is 0.431 e. The van der Waals surface area contributed by atoms with Gasteiger partial charge in [-0.25, -0.2) is 0 Å². The number of rotatable bonds is 0. The van der Waals surface area contributed by atoms with E-state index in [0.29, 0.717) is 12.8 Å². The van der Waals surface area contributed by atoms with E-state index in [0.717, 1.165) is 4.90 Å². The van der Waals surface area contributed by atoms with Crippen LogP contribution in [0.1, 0.15) is 19.3 Å². The molecule has 0 aliphatic carbocycles. The molecule has 1 N–H and O–H groups in total. The van der Waals surface area contributed by atoms with Gasteiger partial charge in [-0.2, -0.15) is 18.4 Å². The number of nitrogens with zero attached hydrogens (tertiary/aromatic N) is 2. The molecule has 84 valence electrons. The van der Waals surface area contributed by atoms with Gasteiger partial charge in [0, 0.05) is 19.0 Å². The SMILES string of the molecule is N#C[C@@H]1C[C@](O)(C(F)(F)F)N2CCC[C@H]12. The summed E-state index contributed by atoms with van der Waals surface area (Å²) in [5.74, 6) is -0.709. The van der Waals surface area contributed by atoms with Crippen molar-refractivity contribution in [1.82, 2.24) is 4.90 Å². The number of nitriles is 1. The zero-order chi connectivity index (χ0) is 11.3. The zero-order valence-corrected chi connectivity index (χ0v) is 7.96. The first-order chi connectivity index (χ1) is 6.90. The fourth-order valence-corrected chi connectivity index (χ4v) is 2.64. The summed E-state index contributed by atoms with van der Waals surface area (Å²) in [5.41, 5.74) is -2.78. The van der Waals surface area contributed by atoms with Crippen molar-refractivity contribution < 1.29 is 18.3 Å². The number of fused-ring (bicyclic) bond motifs is 1. The van der Waals surface area contributed by atoms with Crippen LogP contribution in [0.15, 0.2) is 0 Å². The maximum absolute atomic E-state index is 12.7. The average molecular weight is 220 g/mol. The maximum Gasteiger partial charge on any atom is 0.431 e. The molecule has 3 atom stereocenters. The van der Waals surface area contributed by atoms with Crippen LogP contribution in [0.5, 0.6) is 0 Å². The van der Waals surface area contributed by atoms with Gasteiger partial charge in [0.25, 0.3) is 0 Å². The van der Waals surface area contributed by atoms with Gasteiger partial charge >= 0.3 is 6.18 Å². The highest BCUT2D eigenvalue weighted by atomic mass is 19.4. The molecule has 2 aliphatic heterocycles. The third-order valence-electron chi connectivity index (χ3n) is 3.36. The summed E-state index contributed by atoms with van der Waals surface area (Å²) in [7, 11) is 0. The Morgan fingerprint density at radius 2 is 2.13 bits per heavy atom. The Morgan fingerprint density at radius 3 is 2.67 bits per heavy atom. The lowest BCUT2D eigenvalue weighted by Crippen LogP contribution is -2.55. The summed E-state index contributed by atoms with van der Waals surface area (Å²) in [5, 5.41) is 18.4. The molecule has 15 heavy (non-hydrogen) atoms. The third-order valence-corrected chi connectivity index (χ3v) is 3.36. The van der Waals surface area contributed by atoms with E-state index in [4.69, 9.17) is 5.26 Å². The first kappa shape index (κ1) is 10.7. The molecule has 2 heterocycles. The number of hydrogen-bond donors (Lipinski definition) is 1. The van der Waals surface area contributed by atoms with E-state index in [-0.39, 0.29) is 6.54 Å². The van der Waals surface area contributed by atoms with E-state index >= 15 is 0 Å². The van der Waals surface area contributed by atoms with Crippen LogP contribution >= 0.6 is 0 Å². The number of hydrogen-bond acceptors (Lipinski definition) is 3. The predicted molar refractivity (Wildman–Crippen MR) is 44.5 cm³/mol. The van der Waals surface area contributed by atoms with Gasteiger partial charge in [-0.05, 0) is 12.8 Å². The molecule has 0 radical (unpaired) electrons. The Bertz CT molecular complexity index is 311. The second-order valence-corrected chi connectivity index (χ2v) is 4.16. The molecule has 0 saturated carbocycles. The van der Waals surface area contributed by atoms with Gasteiger partial charge in [0.05, 0.1) is 12.0 Å². The van der Waals surface area contributed by atoms with Crippen molar-refractivity contribution in [3.63, 3.8) is 0 Å². The van der Waals surface area contributed by atoms with Crippen molar-refractivity contribution in [2.45, 2.75) is 37.2 Å². The quantitative estimate of drug-likeness (QED) is 0.668. The molecule has 0 aromatic heterocycles. The molecule has 3 nitrogen and oxygen atoms in total. The summed E-state index contributed by atoms with van der Waals surface area (Å²) in [4.78, 5) is 1.04. The molecule has 0 bridgehead atoms. The van der Waals surface area contributed by atoms with Gasteiger partial charge in [0.1, 0.15) is 0 Å². The average Bonchev–Trinajstić information content (AvgIpc) is 2.67. The summed E-state index contributed by atoms with van der Waals surface area (Å²) in [6.07, 6.45) is -4.02. The van der Waals surface area contributed by atoms with Crippen LogP contribution in [0.4, 0.5) is 13.2 Å². The van der Waals surface area contributed by atoms with Crippen LogP contribution in [0.2, 0.25) is 0 Å². The van der Waals surface area contributed by atoms with E-state index < -0.39 is 30.3 Å². The lowest BCUT2D eigenvalue weighted by molar-refractivity contribution is -0.305. The molecule has 0 spiro atoms. The fraction of sp³-hybridized carbons (Fsp3) is 0.889. The van der Waals surface area contributed by atoms with E-state index in [9.17, 15) is 18.3 Å². The Balaban J connectivity index is 2.33. The van der Waals surface area contributed by atoms with Crippen LogP contribution in [0.3, 0.4) is 0 Å². The smallest absolute Gasteiger partial charge is 0.368 e. The number of halogens is 3. The second-order valence-electron chi connectivity index (χ2n) is 4.16. The third kappa shape index (κ3) is 1.34. The standard InChI is InChI=1S/C9H11F3N2O/c10-9(11,12)8(15)4-6(5-13)7-2-1-3-14(7)8/h6-7,15H,1-4H2/t6-,7+,8-/m0/s1. The topological polar surface area (TPSA) is 47.3 Å². The van der Waals surface area contributed by atoms with Crippen molar-refractivity contribution in [1.29, 1.82) is 5.26 Å². The Morgan fingerprint density at radius 1 is 1.47 bits per heavy atom. The van der Waals surface area contributed by atoms with Crippen LogP contribution in [0, 0.1) is 17.2 Å². The minimum Gasteiger partial charge on any atom is -0.368 e. The molecule has 2 rings (SSSR count). The lowest BCUT2D eigenvalue weighted by atomic mass is 9.97. The van der Waals surface area contributed by atoms with Gasteiger partial charge in [-0.15, -0.1) is 0 Å². The highest BCUT2D eigenvalue weighted by Crippen LogP contribution is 2.49. The van der Waals surface area contributed by atoms with Gasteiger partial charge in [0.15, 0.2) is 0 Å². The van der Waals surface area contributed by atoms with E-state index in [2.05, 4.69) is 0 Å². The van der Waals surface area contributed by atoms with Gasteiger partial charge in [0.2, 0.25) is 5.72 Å². The minimum atomic E-state index is -4.68. The highest BCUT2D eigenvalue weighted by Gasteiger charge is 2.66. The number of aliphatic hydroxyl groups is 1. The Kier molecular flexibility index (Phi) is 2.21. The fourth-order valence-electron chi connectivity index (χ4n) is 2.64. The van der Waals surface area contributed by atoms with Crippen molar-refractivity contribution >= 4 is 0 Å². The van der Waals surface area contributed by atoms with Gasteiger partial charge < -0.3 is 5.11 Å². The Labute approximate surface area is 85.1 Å². The van der Waals surface area contributed by atoms with Gasteiger partial charge in [-0.1, -0.05) is 0 Å². The molecule has 2 saturated heterocycles. The molecule has 2 aliphatic rings. The molecule has 0 aromatic rings. The minimum absolute atomic E-state index is 0.221. The summed E-state index contributed by atoms with van der Waals surface area (Å²) in [6.45, 7) is 0.221. The van der Waals surface area contributed by atoms with E-state index in [1.807, 2.05) is 6.07 Å². The van der Waals surface area contributed by atoms with Crippen molar-refractivity contribution in [2.24, 2.45) is 5.92 Å². The van der Waals surface area contributed by atoms with Gasteiger partial charge in [-0.3, -0.25) is 4.90 Å². The van der Waals surface area contributed by atoms with Crippen LogP contribution < -0.4 is 0 Å². The normalized spacial score (nSPS) is 41.5. The van der Waals surface area contributed by atoms with Crippen LogP contribution in [0.25, 0.3) is 0 Å². The molecule has 2 fully saturated rings. The summed E-state index contributed by atoms with van der Waals surface area (Å²) in [6, 6.07) is 1.43. The van der Waals surface area contributed by atoms with Crippen molar-refractivity contribution in [2.75, 3.05) is 6.54 Å². The lowest BCUT2D eigenvalue weighted by Gasteiger charge is -2.34. The van der Waals surface area contributed by atoms with Crippen LogP contribution in [-0.4, -0.2) is 34.5 Å². The van der Waals surface area contributed by atoms with E-state index in [1.54, 1.807) is 0 Å². The molecule has 6 heteroatoms.